The third kappa shape index (κ3) is 6.53. The van der Waals surface area contributed by atoms with Gasteiger partial charge < -0.3 is 14.2 Å². The lowest BCUT2D eigenvalue weighted by Gasteiger charge is -2.16. The number of esters is 1. The molecule has 1 aromatic carbocycles. The molecule has 1 aromatic rings. The lowest BCUT2D eigenvalue weighted by Crippen LogP contribution is -2.27. The van der Waals surface area contributed by atoms with Crippen LogP contribution in [-0.4, -0.2) is 37.4 Å². The van der Waals surface area contributed by atoms with Crippen LogP contribution >= 0.6 is 0 Å². The van der Waals surface area contributed by atoms with E-state index < -0.39 is 24.1 Å². The molecule has 0 aliphatic rings. The Morgan fingerprint density at radius 3 is 2.12 bits per heavy atom. The highest BCUT2D eigenvalue weighted by Gasteiger charge is 2.20. The predicted molar refractivity (Wildman–Crippen MR) is 90.3 cm³/mol. The third-order valence-electron chi connectivity index (χ3n) is 3.04. The molecular weight excluding hydrogens is 308 g/mol. The van der Waals surface area contributed by atoms with Gasteiger partial charge in [0.05, 0.1) is 5.56 Å². The maximum absolute atomic E-state index is 12.1. The summed E-state index contributed by atoms with van der Waals surface area (Å²) in [7, 11) is 0. The molecule has 130 valence electrons. The van der Waals surface area contributed by atoms with Crippen LogP contribution in [-0.2, 0) is 19.0 Å². The molecule has 0 bridgehead atoms. The van der Waals surface area contributed by atoms with Crippen LogP contribution in [0.2, 0.25) is 0 Å². The number of hydrogen-bond acceptors (Lipinski definition) is 5. The van der Waals surface area contributed by atoms with Gasteiger partial charge in [0.1, 0.15) is 0 Å². The lowest BCUT2D eigenvalue weighted by molar-refractivity contribution is -0.162. The van der Waals surface area contributed by atoms with Gasteiger partial charge in [-0.2, -0.15) is 0 Å². The summed E-state index contributed by atoms with van der Waals surface area (Å²) in [6.07, 6.45) is -1.70. The summed E-state index contributed by atoms with van der Waals surface area (Å²) >= 11 is 0. The Labute approximate surface area is 143 Å². The summed E-state index contributed by atoms with van der Waals surface area (Å²) in [5.41, 5.74) is 0.442. The number of rotatable bonds is 8. The molecule has 24 heavy (non-hydrogen) atoms. The van der Waals surface area contributed by atoms with Crippen molar-refractivity contribution in [3.05, 3.63) is 35.9 Å². The molecular formula is C19H24O5. The van der Waals surface area contributed by atoms with Gasteiger partial charge in [0.15, 0.2) is 6.10 Å². The first-order chi connectivity index (χ1) is 11.5. The van der Waals surface area contributed by atoms with Crippen LogP contribution in [0.25, 0.3) is 0 Å². The van der Waals surface area contributed by atoms with Gasteiger partial charge in [-0.05, 0) is 37.8 Å². The van der Waals surface area contributed by atoms with Crippen molar-refractivity contribution in [2.45, 2.75) is 40.1 Å². The van der Waals surface area contributed by atoms with E-state index in [1.807, 2.05) is 19.9 Å². The van der Waals surface area contributed by atoms with Gasteiger partial charge in [0.25, 0.3) is 5.78 Å². The van der Waals surface area contributed by atoms with Crippen molar-refractivity contribution < 1.29 is 23.8 Å². The van der Waals surface area contributed by atoms with E-state index in [4.69, 9.17) is 14.2 Å². The fraction of sp³-hybridized carbons (Fsp3) is 0.474. The first-order valence-electron chi connectivity index (χ1n) is 8.04. The summed E-state index contributed by atoms with van der Waals surface area (Å²) in [5, 5.41) is 0. The number of ketones is 1. The predicted octanol–water partition coefficient (Wildman–Crippen LogP) is 2.84. The number of carbonyl (C=O) groups is 2. The van der Waals surface area contributed by atoms with Gasteiger partial charge in [0, 0.05) is 19.1 Å². The zero-order valence-electron chi connectivity index (χ0n) is 14.6. The topological polar surface area (TPSA) is 61.8 Å². The zero-order valence-corrected chi connectivity index (χ0v) is 14.6. The van der Waals surface area contributed by atoms with Crippen LogP contribution in [0.15, 0.2) is 30.3 Å². The second-order valence-corrected chi connectivity index (χ2v) is 5.31. The van der Waals surface area contributed by atoms with Crippen LogP contribution in [0, 0.1) is 17.8 Å². The summed E-state index contributed by atoms with van der Waals surface area (Å²) in [5.74, 6) is 4.17. The first kappa shape index (κ1) is 19.9. The Morgan fingerprint density at radius 2 is 1.62 bits per heavy atom. The molecule has 0 aliphatic heterocycles. The average Bonchev–Trinajstić information content (AvgIpc) is 2.58. The van der Waals surface area contributed by atoms with E-state index in [-0.39, 0.29) is 5.92 Å². The molecule has 0 radical (unpaired) electrons. The van der Waals surface area contributed by atoms with Crippen molar-refractivity contribution >= 4 is 11.8 Å². The number of ether oxygens (including phenoxy) is 3. The fourth-order valence-electron chi connectivity index (χ4n) is 1.79. The monoisotopic (exact) mass is 332 g/mol. The SMILES string of the molecule is CCOC(OCC)C(=O)C#CC(OC(=O)c1ccccc1)C(C)C. The summed E-state index contributed by atoms with van der Waals surface area (Å²) in [6.45, 7) is 7.95. The van der Waals surface area contributed by atoms with Crippen molar-refractivity contribution in [1.29, 1.82) is 0 Å². The van der Waals surface area contributed by atoms with Crippen LogP contribution in [0.5, 0.6) is 0 Å². The minimum atomic E-state index is -1.01. The van der Waals surface area contributed by atoms with Gasteiger partial charge in [-0.15, -0.1) is 0 Å². The molecule has 0 spiro atoms. The number of Topliss-reactive ketones (excluding diaryl/α,β-unsaturated/α-hetero) is 1. The van der Waals surface area contributed by atoms with E-state index in [0.717, 1.165) is 0 Å². The second-order valence-electron chi connectivity index (χ2n) is 5.31. The third-order valence-corrected chi connectivity index (χ3v) is 3.04. The van der Waals surface area contributed by atoms with Crippen molar-refractivity contribution in [3.63, 3.8) is 0 Å². The molecule has 0 heterocycles. The molecule has 0 amide bonds. The largest absolute Gasteiger partial charge is 0.445 e. The van der Waals surface area contributed by atoms with E-state index in [1.165, 1.54) is 0 Å². The van der Waals surface area contributed by atoms with Crippen molar-refractivity contribution in [2.75, 3.05) is 13.2 Å². The first-order valence-corrected chi connectivity index (χ1v) is 8.04. The second kappa shape index (κ2) is 10.6. The molecule has 0 saturated heterocycles. The van der Waals surface area contributed by atoms with E-state index in [2.05, 4.69) is 11.8 Å². The normalized spacial score (nSPS) is 11.8. The smallest absolute Gasteiger partial charge is 0.339 e. The number of hydrogen-bond donors (Lipinski definition) is 0. The van der Waals surface area contributed by atoms with Gasteiger partial charge in [-0.3, -0.25) is 4.79 Å². The van der Waals surface area contributed by atoms with E-state index in [9.17, 15) is 9.59 Å². The number of benzene rings is 1. The summed E-state index contributed by atoms with van der Waals surface area (Å²) in [6, 6.07) is 8.66. The van der Waals surface area contributed by atoms with Gasteiger partial charge in [-0.1, -0.05) is 32.0 Å². The Morgan fingerprint density at radius 1 is 1.04 bits per heavy atom. The molecule has 5 nitrogen and oxygen atoms in total. The van der Waals surface area contributed by atoms with Crippen LogP contribution in [0.3, 0.4) is 0 Å². The Hall–Kier alpha value is -2.16. The highest BCUT2D eigenvalue weighted by molar-refractivity contribution is 5.98. The van der Waals surface area contributed by atoms with Gasteiger partial charge in [-0.25, -0.2) is 4.79 Å². The van der Waals surface area contributed by atoms with Crippen molar-refractivity contribution in [1.82, 2.24) is 0 Å². The Kier molecular flexibility index (Phi) is 8.77. The maximum Gasteiger partial charge on any atom is 0.339 e. The summed E-state index contributed by atoms with van der Waals surface area (Å²) < 4.78 is 15.8. The average molecular weight is 332 g/mol. The minimum absolute atomic E-state index is 0.0596. The molecule has 0 aromatic heterocycles. The van der Waals surface area contributed by atoms with E-state index in [1.54, 1.807) is 38.1 Å². The highest BCUT2D eigenvalue weighted by atomic mass is 16.7. The molecule has 5 heteroatoms. The standard InChI is InChI=1S/C19H24O5/c1-5-22-19(23-6-2)16(20)12-13-17(14(3)4)24-18(21)15-10-8-7-9-11-15/h7-11,14,17,19H,5-6H2,1-4H3. The Bertz CT molecular complexity index is 577. The molecule has 0 N–H and O–H groups in total. The van der Waals surface area contributed by atoms with Crippen LogP contribution in [0.4, 0.5) is 0 Å². The van der Waals surface area contributed by atoms with E-state index >= 15 is 0 Å². The molecule has 0 saturated carbocycles. The Balaban J connectivity index is 2.79. The summed E-state index contributed by atoms with van der Waals surface area (Å²) in [4.78, 5) is 24.2. The zero-order chi connectivity index (χ0) is 17.9. The minimum Gasteiger partial charge on any atom is -0.445 e. The molecule has 1 unspecified atom stereocenters. The molecule has 1 rings (SSSR count). The molecule has 0 aliphatic carbocycles. The van der Waals surface area contributed by atoms with E-state index in [0.29, 0.717) is 18.8 Å². The van der Waals surface area contributed by atoms with Gasteiger partial charge >= 0.3 is 5.97 Å². The van der Waals surface area contributed by atoms with Crippen LogP contribution in [0.1, 0.15) is 38.1 Å². The van der Waals surface area contributed by atoms with Gasteiger partial charge in [0.2, 0.25) is 6.29 Å². The highest BCUT2D eigenvalue weighted by Crippen LogP contribution is 2.10. The molecule has 1 atom stereocenters. The lowest BCUT2D eigenvalue weighted by atomic mass is 10.1. The quantitative estimate of drug-likeness (QED) is 0.317. The maximum atomic E-state index is 12.1. The number of carbonyl (C=O) groups excluding carboxylic acids is 2. The van der Waals surface area contributed by atoms with Crippen molar-refractivity contribution in [2.24, 2.45) is 5.92 Å². The molecule has 0 fully saturated rings. The van der Waals surface area contributed by atoms with Crippen LogP contribution < -0.4 is 0 Å². The van der Waals surface area contributed by atoms with Crippen molar-refractivity contribution in [3.8, 4) is 11.8 Å². The fourth-order valence-corrected chi connectivity index (χ4v) is 1.79.